The molecule has 21 heavy (non-hydrogen) atoms. The van der Waals surface area contributed by atoms with Gasteiger partial charge in [-0.2, -0.15) is 0 Å². The van der Waals surface area contributed by atoms with Crippen LogP contribution in [0.15, 0.2) is 47.8 Å². The topological polar surface area (TPSA) is 64.3 Å². The lowest BCUT2D eigenvalue weighted by Crippen LogP contribution is -2.15. The highest BCUT2D eigenvalue weighted by Gasteiger charge is 2.16. The van der Waals surface area contributed by atoms with Gasteiger partial charge in [0.25, 0.3) is 5.91 Å². The third kappa shape index (κ3) is 2.55. The fraction of sp³-hybridized carbons (Fsp3) is 0.0625. The Kier molecular flexibility index (Phi) is 3.50. The van der Waals surface area contributed by atoms with Crippen LogP contribution in [0.2, 0.25) is 0 Å². The number of benzene rings is 2. The number of fused-ring (bicyclic) bond motifs is 1. The maximum absolute atomic E-state index is 12.4. The molecular formula is C16H14N2O2S. The number of anilines is 2. The van der Waals surface area contributed by atoms with Gasteiger partial charge >= 0.3 is 0 Å². The molecule has 0 saturated heterocycles. The zero-order valence-corrected chi connectivity index (χ0v) is 12.2. The maximum atomic E-state index is 12.4. The molecule has 1 heterocycles. The highest BCUT2D eigenvalue weighted by molar-refractivity contribution is 7.17. The van der Waals surface area contributed by atoms with Crippen molar-refractivity contribution in [2.75, 3.05) is 18.2 Å². The van der Waals surface area contributed by atoms with Gasteiger partial charge in [-0.1, -0.05) is 6.07 Å². The van der Waals surface area contributed by atoms with Crippen molar-refractivity contribution in [1.82, 2.24) is 0 Å². The summed E-state index contributed by atoms with van der Waals surface area (Å²) in [5.41, 5.74) is 7.36. The van der Waals surface area contributed by atoms with Crippen LogP contribution < -0.4 is 15.8 Å². The van der Waals surface area contributed by atoms with E-state index in [9.17, 15) is 4.79 Å². The Bertz CT molecular complexity index is 811. The summed E-state index contributed by atoms with van der Waals surface area (Å²) in [7, 11) is 1.52. The summed E-state index contributed by atoms with van der Waals surface area (Å²) >= 11 is 1.67. The first-order chi connectivity index (χ1) is 10.2. The quantitative estimate of drug-likeness (QED) is 0.724. The van der Waals surface area contributed by atoms with E-state index in [0.717, 1.165) is 11.1 Å². The Morgan fingerprint density at radius 3 is 2.90 bits per heavy atom. The Labute approximate surface area is 126 Å². The van der Waals surface area contributed by atoms with Crippen LogP contribution in [0.3, 0.4) is 0 Å². The highest BCUT2D eigenvalue weighted by atomic mass is 32.1. The SMILES string of the molecule is COc1cccc(N)c1C(=O)Nc1ccc2sccc2c1. The molecular weight excluding hydrogens is 284 g/mol. The van der Waals surface area contributed by atoms with Crippen molar-refractivity contribution in [2.24, 2.45) is 0 Å². The molecule has 0 aliphatic carbocycles. The summed E-state index contributed by atoms with van der Waals surface area (Å²) in [6.07, 6.45) is 0. The Balaban J connectivity index is 1.92. The predicted octanol–water partition coefficient (Wildman–Crippen LogP) is 3.74. The normalized spacial score (nSPS) is 10.5. The number of carbonyl (C=O) groups is 1. The molecule has 0 saturated carbocycles. The molecule has 0 aliphatic heterocycles. The maximum Gasteiger partial charge on any atom is 0.261 e. The number of rotatable bonds is 3. The average molecular weight is 298 g/mol. The van der Waals surface area contributed by atoms with E-state index in [4.69, 9.17) is 10.5 Å². The van der Waals surface area contributed by atoms with Crippen molar-refractivity contribution in [3.05, 3.63) is 53.4 Å². The number of methoxy groups -OCH3 is 1. The van der Waals surface area contributed by atoms with E-state index in [0.29, 0.717) is 17.0 Å². The number of ether oxygens (including phenoxy) is 1. The zero-order valence-electron chi connectivity index (χ0n) is 11.4. The molecule has 0 unspecified atom stereocenters. The van der Waals surface area contributed by atoms with Crippen LogP contribution in [0.4, 0.5) is 11.4 Å². The molecule has 3 N–H and O–H groups in total. The van der Waals surface area contributed by atoms with Gasteiger partial charge in [0, 0.05) is 16.1 Å². The van der Waals surface area contributed by atoms with Crippen LogP contribution in [-0.4, -0.2) is 13.0 Å². The molecule has 0 spiro atoms. The fourth-order valence-electron chi connectivity index (χ4n) is 2.20. The van der Waals surface area contributed by atoms with Crippen LogP contribution in [0, 0.1) is 0 Å². The predicted molar refractivity (Wildman–Crippen MR) is 87.2 cm³/mol. The third-order valence-electron chi connectivity index (χ3n) is 3.22. The number of amides is 1. The first-order valence-corrected chi connectivity index (χ1v) is 7.28. The van der Waals surface area contributed by atoms with Crippen molar-refractivity contribution in [2.45, 2.75) is 0 Å². The van der Waals surface area contributed by atoms with Crippen molar-refractivity contribution < 1.29 is 9.53 Å². The first kappa shape index (κ1) is 13.5. The van der Waals surface area contributed by atoms with Gasteiger partial charge in [0.1, 0.15) is 11.3 Å². The van der Waals surface area contributed by atoms with Gasteiger partial charge in [-0.15, -0.1) is 11.3 Å². The second-order valence-corrected chi connectivity index (χ2v) is 5.50. The average Bonchev–Trinajstić information content (AvgIpc) is 2.94. The lowest BCUT2D eigenvalue weighted by Gasteiger charge is -2.11. The van der Waals surface area contributed by atoms with Crippen LogP contribution in [-0.2, 0) is 0 Å². The molecule has 106 valence electrons. The minimum absolute atomic E-state index is 0.278. The van der Waals surface area contributed by atoms with E-state index < -0.39 is 0 Å². The summed E-state index contributed by atoms with van der Waals surface area (Å²) < 4.78 is 6.39. The van der Waals surface area contributed by atoms with E-state index in [1.165, 1.54) is 11.8 Å². The van der Waals surface area contributed by atoms with Crippen molar-refractivity contribution in [3.8, 4) is 5.75 Å². The lowest BCUT2D eigenvalue weighted by molar-refractivity contribution is 0.102. The molecule has 5 heteroatoms. The number of hydrogen-bond donors (Lipinski definition) is 2. The van der Waals surface area contributed by atoms with E-state index in [1.54, 1.807) is 29.5 Å². The molecule has 3 aromatic rings. The van der Waals surface area contributed by atoms with Crippen molar-refractivity contribution in [1.29, 1.82) is 0 Å². The molecule has 0 aliphatic rings. The first-order valence-electron chi connectivity index (χ1n) is 6.40. The Morgan fingerprint density at radius 1 is 1.24 bits per heavy atom. The summed E-state index contributed by atoms with van der Waals surface area (Å²) in [5, 5.41) is 5.99. The number of nitrogens with two attached hydrogens (primary N) is 1. The van der Waals surface area contributed by atoms with E-state index in [-0.39, 0.29) is 5.91 Å². The van der Waals surface area contributed by atoms with Crippen LogP contribution >= 0.6 is 11.3 Å². The molecule has 3 rings (SSSR count). The van der Waals surface area contributed by atoms with Crippen molar-refractivity contribution in [3.63, 3.8) is 0 Å². The fourth-order valence-corrected chi connectivity index (χ4v) is 2.97. The number of nitrogens with one attached hydrogen (secondary N) is 1. The molecule has 1 amide bonds. The van der Waals surface area contributed by atoms with Crippen LogP contribution in [0.25, 0.3) is 10.1 Å². The molecule has 1 aromatic heterocycles. The molecule has 0 fully saturated rings. The van der Waals surface area contributed by atoms with Crippen LogP contribution in [0.1, 0.15) is 10.4 Å². The standard InChI is InChI=1S/C16H14N2O2S/c1-20-13-4-2-3-12(17)15(13)16(19)18-11-5-6-14-10(9-11)7-8-21-14/h2-9H,17H2,1H3,(H,18,19). The third-order valence-corrected chi connectivity index (χ3v) is 4.11. The summed E-state index contributed by atoms with van der Waals surface area (Å²) in [6, 6.07) is 13.0. The minimum atomic E-state index is -0.278. The molecule has 0 atom stereocenters. The van der Waals surface area contributed by atoms with Gasteiger partial charge < -0.3 is 15.8 Å². The number of nitrogen functional groups attached to an aromatic ring is 1. The number of hydrogen-bond acceptors (Lipinski definition) is 4. The lowest BCUT2D eigenvalue weighted by atomic mass is 10.1. The van der Waals surface area contributed by atoms with Crippen LogP contribution in [0.5, 0.6) is 5.75 Å². The molecule has 0 bridgehead atoms. The van der Waals surface area contributed by atoms with Gasteiger partial charge in [-0.3, -0.25) is 4.79 Å². The number of carbonyl (C=O) groups excluding carboxylic acids is 1. The monoisotopic (exact) mass is 298 g/mol. The zero-order chi connectivity index (χ0) is 14.8. The van der Waals surface area contributed by atoms with Gasteiger partial charge in [0.2, 0.25) is 0 Å². The van der Waals surface area contributed by atoms with Crippen molar-refractivity contribution >= 4 is 38.7 Å². The van der Waals surface area contributed by atoms with Gasteiger partial charge in [-0.25, -0.2) is 0 Å². The minimum Gasteiger partial charge on any atom is -0.496 e. The smallest absolute Gasteiger partial charge is 0.261 e. The van der Waals surface area contributed by atoms with Gasteiger partial charge in [0.15, 0.2) is 0 Å². The summed E-state index contributed by atoms with van der Waals surface area (Å²) in [6.45, 7) is 0. The Hall–Kier alpha value is -2.53. The second kappa shape index (κ2) is 5.46. The Morgan fingerprint density at radius 2 is 2.10 bits per heavy atom. The summed E-state index contributed by atoms with van der Waals surface area (Å²) in [5.74, 6) is 0.184. The summed E-state index contributed by atoms with van der Waals surface area (Å²) in [4.78, 5) is 12.4. The van der Waals surface area contributed by atoms with E-state index in [1.807, 2.05) is 29.6 Å². The largest absolute Gasteiger partial charge is 0.496 e. The van der Waals surface area contributed by atoms with E-state index >= 15 is 0 Å². The molecule has 0 radical (unpaired) electrons. The van der Waals surface area contributed by atoms with E-state index in [2.05, 4.69) is 5.32 Å². The highest BCUT2D eigenvalue weighted by Crippen LogP contribution is 2.27. The molecule has 4 nitrogen and oxygen atoms in total. The van der Waals surface area contributed by atoms with Gasteiger partial charge in [-0.05, 0) is 47.2 Å². The number of thiophene rings is 1. The second-order valence-electron chi connectivity index (χ2n) is 4.55. The van der Waals surface area contributed by atoms with Gasteiger partial charge in [0.05, 0.1) is 7.11 Å². The molecule has 2 aromatic carbocycles.